The van der Waals surface area contributed by atoms with Crippen LogP contribution in [-0.4, -0.2) is 15.9 Å². The van der Waals surface area contributed by atoms with Gasteiger partial charge in [0.25, 0.3) is 0 Å². The van der Waals surface area contributed by atoms with E-state index in [0.717, 1.165) is 0 Å². The molecule has 1 N–H and O–H groups in total. The molecule has 3 heteroatoms. The number of carbonyl (C=O) groups is 1. The van der Waals surface area contributed by atoms with Gasteiger partial charge in [-0.1, -0.05) is 0 Å². The van der Waals surface area contributed by atoms with E-state index in [-0.39, 0.29) is 11.5 Å². The van der Waals surface area contributed by atoms with Crippen LogP contribution in [0.3, 0.4) is 0 Å². The van der Waals surface area contributed by atoms with Crippen molar-refractivity contribution in [3.63, 3.8) is 0 Å². The van der Waals surface area contributed by atoms with Gasteiger partial charge in [0.1, 0.15) is 5.75 Å². The maximum atomic E-state index is 11.8. The summed E-state index contributed by atoms with van der Waals surface area (Å²) in [6.45, 7) is 0. The van der Waals surface area contributed by atoms with E-state index in [0.29, 0.717) is 11.1 Å². The Balaban J connectivity index is 2.33. The number of nitrogens with zero attached hydrogens (tertiary/aromatic N) is 1. The van der Waals surface area contributed by atoms with Crippen molar-refractivity contribution >= 4 is 5.78 Å². The highest BCUT2D eigenvalue weighted by molar-refractivity contribution is 6.08. The summed E-state index contributed by atoms with van der Waals surface area (Å²) in [4.78, 5) is 15.7. The Labute approximate surface area is 87.0 Å². The predicted molar refractivity (Wildman–Crippen MR) is 55.8 cm³/mol. The van der Waals surface area contributed by atoms with E-state index >= 15 is 0 Å². The molecule has 2 aromatic rings. The summed E-state index contributed by atoms with van der Waals surface area (Å²) in [6.07, 6.45) is 3.14. The molecule has 0 atom stereocenters. The zero-order valence-corrected chi connectivity index (χ0v) is 7.92. The molecule has 74 valence electrons. The van der Waals surface area contributed by atoms with Crippen molar-refractivity contribution < 1.29 is 9.90 Å². The molecule has 2 rings (SSSR count). The molecule has 1 heterocycles. The summed E-state index contributed by atoms with van der Waals surface area (Å²) in [6, 6.07) is 9.58. The molecular weight excluding hydrogens is 190 g/mol. The number of phenols is 1. The Kier molecular flexibility index (Phi) is 2.46. The fourth-order valence-corrected chi connectivity index (χ4v) is 1.28. The Bertz CT molecular complexity index is 463. The van der Waals surface area contributed by atoms with E-state index in [9.17, 15) is 4.79 Å². The lowest BCUT2D eigenvalue weighted by molar-refractivity contribution is 0.103. The van der Waals surface area contributed by atoms with Crippen LogP contribution in [0.25, 0.3) is 0 Å². The number of hydrogen-bond donors (Lipinski definition) is 1. The molecule has 0 unspecified atom stereocenters. The zero-order valence-electron chi connectivity index (χ0n) is 7.92. The van der Waals surface area contributed by atoms with Gasteiger partial charge in [-0.15, -0.1) is 0 Å². The second-order valence-corrected chi connectivity index (χ2v) is 3.12. The monoisotopic (exact) mass is 199 g/mol. The Morgan fingerprint density at radius 2 is 1.80 bits per heavy atom. The van der Waals surface area contributed by atoms with Gasteiger partial charge in [-0.25, -0.2) is 0 Å². The van der Waals surface area contributed by atoms with E-state index in [1.807, 2.05) is 0 Å². The smallest absolute Gasteiger partial charge is 0.194 e. The number of benzene rings is 1. The number of aromatic hydroxyl groups is 1. The molecular formula is C12H9NO2. The van der Waals surface area contributed by atoms with Gasteiger partial charge in [0.05, 0.1) is 0 Å². The van der Waals surface area contributed by atoms with Crippen molar-refractivity contribution in [2.45, 2.75) is 0 Å². The molecule has 0 radical (unpaired) electrons. The average molecular weight is 199 g/mol. The highest BCUT2D eigenvalue weighted by Crippen LogP contribution is 2.13. The molecule has 0 aliphatic carbocycles. The largest absolute Gasteiger partial charge is 0.508 e. The molecule has 15 heavy (non-hydrogen) atoms. The van der Waals surface area contributed by atoms with Crippen LogP contribution in [-0.2, 0) is 0 Å². The van der Waals surface area contributed by atoms with Gasteiger partial charge in [-0.05, 0) is 36.4 Å². The van der Waals surface area contributed by atoms with Crippen LogP contribution in [0.5, 0.6) is 5.75 Å². The van der Waals surface area contributed by atoms with Crippen molar-refractivity contribution in [1.82, 2.24) is 4.98 Å². The number of aromatic nitrogens is 1. The summed E-state index contributed by atoms with van der Waals surface area (Å²) < 4.78 is 0. The van der Waals surface area contributed by atoms with Crippen molar-refractivity contribution in [2.24, 2.45) is 0 Å². The summed E-state index contributed by atoms with van der Waals surface area (Å²) in [5, 5.41) is 9.09. The van der Waals surface area contributed by atoms with Crippen molar-refractivity contribution in [2.75, 3.05) is 0 Å². The van der Waals surface area contributed by atoms with E-state index < -0.39 is 0 Å². The third-order valence-corrected chi connectivity index (χ3v) is 2.05. The first-order valence-corrected chi connectivity index (χ1v) is 4.51. The minimum absolute atomic E-state index is 0.0944. The van der Waals surface area contributed by atoms with Crippen molar-refractivity contribution in [3.8, 4) is 5.75 Å². The first-order valence-electron chi connectivity index (χ1n) is 4.51. The highest BCUT2D eigenvalue weighted by atomic mass is 16.3. The molecule has 0 saturated heterocycles. The molecule has 0 amide bonds. The molecule has 0 spiro atoms. The Morgan fingerprint density at radius 3 is 2.40 bits per heavy atom. The fourth-order valence-electron chi connectivity index (χ4n) is 1.28. The summed E-state index contributed by atoms with van der Waals surface area (Å²) in [7, 11) is 0. The van der Waals surface area contributed by atoms with Gasteiger partial charge in [0.15, 0.2) is 5.78 Å². The lowest BCUT2D eigenvalue weighted by Crippen LogP contribution is -2.00. The first kappa shape index (κ1) is 9.40. The predicted octanol–water partition coefficient (Wildman–Crippen LogP) is 2.02. The normalized spacial score (nSPS) is 9.87. The molecule has 0 fully saturated rings. The number of pyridine rings is 1. The molecule has 0 aliphatic heterocycles. The lowest BCUT2D eigenvalue weighted by Gasteiger charge is -2.00. The highest BCUT2D eigenvalue weighted by Gasteiger charge is 2.07. The number of rotatable bonds is 2. The second-order valence-electron chi connectivity index (χ2n) is 3.12. The topological polar surface area (TPSA) is 50.2 Å². The Hall–Kier alpha value is -2.16. The van der Waals surface area contributed by atoms with Crippen LogP contribution in [0.15, 0.2) is 48.8 Å². The van der Waals surface area contributed by atoms with Crippen LogP contribution in [0.4, 0.5) is 0 Å². The van der Waals surface area contributed by atoms with Gasteiger partial charge in [-0.2, -0.15) is 0 Å². The number of carbonyl (C=O) groups excluding carboxylic acids is 1. The van der Waals surface area contributed by atoms with Crippen LogP contribution in [0, 0.1) is 0 Å². The van der Waals surface area contributed by atoms with Crippen molar-refractivity contribution in [1.29, 1.82) is 0 Å². The van der Waals surface area contributed by atoms with Crippen LogP contribution < -0.4 is 0 Å². The van der Waals surface area contributed by atoms with Gasteiger partial charge in [0.2, 0.25) is 0 Å². The van der Waals surface area contributed by atoms with Gasteiger partial charge in [-0.3, -0.25) is 9.78 Å². The van der Waals surface area contributed by atoms with E-state index in [2.05, 4.69) is 4.98 Å². The van der Waals surface area contributed by atoms with Crippen LogP contribution >= 0.6 is 0 Å². The SMILES string of the molecule is O=C(c1ccc(O)cc1)c1cccnc1. The standard InChI is InChI=1S/C12H9NO2/c14-11-5-3-9(4-6-11)12(15)10-2-1-7-13-8-10/h1-8,14H. The molecule has 0 aliphatic rings. The van der Waals surface area contributed by atoms with E-state index in [4.69, 9.17) is 5.11 Å². The first-order chi connectivity index (χ1) is 7.27. The maximum absolute atomic E-state index is 11.8. The summed E-state index contributed by atoms with van der Waals surface area (Å²) in [5.41, 5.74) is 1.09. The fraction of sp³-hybridized carbons (Fsp3) is 0. The van der Waals surface area contributed by atoms with E-state index in [1.54, 1.807) is 30.5 Å². The molecule has 3 nitrogen and oxygen atoms in total. The average Bonchev–Trinajstić information content (AvgIpc) is 2.30. The van der Waals surface area contributed by atoms with Gasteiger partial charge in [0, 0.05) is 23.5 Å². The minimum atomic E-state index is -0.0944. The van der Waals surface area contributed by atoms with Crippen molar-refractivity contribution in [3.05, 3.63) is 59.9 Å². The summed E-state index contributed by atoms with van der Waals surface area (Å²) in [5.74, 6) is 0.0563. The second kappa shape index (κ2) is 3.92. The maximum Gasteiger partial charge on any atom is 0.194 e. The quantitative estimate of drug-likeness (QED) is 0.753. The molecule has 1 aromatic carbocycles. The zero-order chi connectivity index (χ0) is 10.7. The third-order valence-electron chi connectivity index (χ3n) is 2.05. The van der Waals surface area contributed by atoms with Crippen LogP contribution in [0.2, 0.25) is 0 Å². The molecule has 1 aromatic heterocycles. The minimum Gasteiger partial charge on any atom is -0.508 e. The molecule has 0 saturated carbocycles. The number of phenolic OH excluding ortho intramolecular Hbond substituents is 1. The summed E-state index contributed by atoms with van der Waals surface area (Å²) >= 11 is 0. The third kappa shape index (κ3) is 2.02. The van der Waals surface area contributed by atoms with E-state index in [1.165, 1.54) is 18.3 Å². The van der Waals surface area contributed by atoms with Gasteiger partial charge >= 0.3 is 0 Å². The van der Waals surface area contributed by atoms with Gasteiger partial charge < -0.3 is 5.11 Å². The number of hydrogen-bond acceptors (Lipinski definition) is 3. The van der Waals surface area contributed by atoms with Crippen LogP contribution in [0.1, 0.15) is 15.9 Å². The molecule has 0 bridgehead atoms. The Morgan fingerprint density at radius 1 is 1.07 bits per heavy atom. The number of ketones is 1. The lowest BCUT2D eigenvalue weighted by atomic mass is 10.1.